The van der Waals surface area contributed by atoms with Gasteiger partial charge in [0.2, 0.25) is 0 Å². The monoisotopic (exact) mass is 227 g/mol. The molecule has 0 aromatic carbocycles. The molecule has 1 saturated carbocycles. The minimum absolute atomic E-state index is 0.664. The summed E-state index contributed by atoms with van der Waals surface area (Å²) in [5.74, 6) is 1.47. The van der Waals surface area contributed by atoms with E-state index in [9.17, 15) is 0 Å². The number of nitrogens with one attached hydrogen (secondary N) is 1. The second kappa shape index (κ2) is 3.40. The fourth-order valence-electron chi connectivity index (χ4n) is 2.41. The van der Waals surface area contributed by atoms with E-state index in [4.69, 9.17) is 9.40 Å². The fourth-order valence-corrected chi connectivity index (χ4v) is 2.41. The van der Waals surface area contributed by atoms with Gasteiger partial charge in [-0.3, -0.25) is 0 Å². The first-order valence-corrected chi connectivity index (χ1v) is 6.05. The van der Waals surface area contributed by atoms with Crippen molar-refractivity contribution in [1.29, 1.82) is 0 Å². The quantitative estimate of drug-likeness (QED) is 0.854. The van der Waals surface area contributed by atoms with Crippen LogP contribution >= 0.6 is 0 Å². The number of aromatic nitrogens is 2. The molecule has 1 fully saturated rings. The predicted octanol–water partition coefficient (Wildman–Crippen LogP) is 2.22. The molecule has 0 saturated heterocycles. The summed E-state index contributed by atoms with van der Waals surface area (Å²) >= 11 is 0. The Bertz CT molecular complexity index is 558. The van der Waals surface area contributed by atoms with Crippen LogP contribution in [0, 0.1) is 0 Å². The van der Waals surface area contributed by atoms with E-state index in [-0.39, 0.29) is 0 Å². The third-order valence-corrected chi connectivity index (χ3v) is 3.46. The van der Waals surface area contributed by atoms with Gasteiger partial charge in [-0.2, -0.15) is 0 Å². The van der Waals surface area contributed by atoms with Crippen molar-refractivity contribution >= 4 is 0 Å². The SMILES string of the molecule is c1cc(-c2nc3c(c(C4CC4)n2)CNC3)co1. The molecule has 4 nitrogen and oxygen atoms in total. The van der Waals surface area contributed by atoms with Gasteiger partial charge in [0.25, 0.3) is 0 Å². The van der Waals surface area contributed by atoms with E-state index in [0.29, 0.717) is 5.92 Å². The minimum atomic E-state index is 0.664. The molecule has 1 aliphatic heterocycles. The van der Waals surface area contributed by atoms with E-state index in [1.165, 1.54) is 24.1 Å². The van der Waals surface area contributed by atoms with E-state index in [1.807, 2.05) is 6.07 Å². The highest BCUT2D eigenvalue weighted by atomic mass is 16.3. The lowest BCUT2D eigenvalue weighted by atomic mass is 10.1. The van der Waals surface area contributed by atoms with E-state index in [0.717, 1.165) is 30.2 Å². The van der Waals surface area contributed by atoms with Crippen LogP contribution in [0.25, 0.3) is 11.4 Å². The molecule has 0 amide bonds. The molecule has 2 aliphatic rings. The molecular formula is C13H13N3O. The van der Waals surface area contributed by atoms with Crippen LogP contribution in [0.3, 0.4) is 0 Å². The number of hydrogen-bond acceptors (Lipinski definition) is 4. The van der Waals surface area contributed by atoms with Gasteiger partial charge in [0.15, 0.2) is 5.82 Å². The van der Waals surface area contributed by atoms with Crippen LogP contribution in [0.15, 0.2) is 23.0 Å². The van der Waals surface area contributed by atoms with Crippen molar-refractivity contribution in [1.82, 2.24) is 15.3 Å². The van der Waals surface area contributed by atoms with Crippen LogP contribution in [-0.4, -0.2) is 9.97 Å². The highest BCUT2D eigenvalue weighted by Gasteiger charge is 2.31. The molecule has 0 bridgehead atoms. The lowest BCUT2D eigenvalue weighted by molar-refractivity contribution is 0.568. The van der Waals surface area contributed by atoms with Gasteiger partial charge in [-0.05, 0) is 18.9 Å². The second-order valence-electron chi connectivity index (χ2n) is 4.75. The minimum Gasteiger partial charge on any atom is -0.472 e. The lowest BCUT2D eigenvalue weighted by Gasteiger charge is -2.07. The smallest absolute Gasteiger partial charge is 0.162 e. The van der Waals surface area contributed by atoms with Crippen molar-refractivity contribution in [3.05, 3.63) is 35.5 Å². The zero-order valence-corrected chi connectivity index (χ0v) is 9.44. The Hall–Kier alpha value is -1.68. The van der Waals surface area contributed by atoms with Gasteiger partial charge in [-0.1, -0.05) is 0 Å². The first-order valence-electron chi connectivity index (χ1n) is 6.05. The summed E-state index contributed by atoms with van der Waals surface area (Å²) in [6.07, 6.45) is 5.92. The highest BCUT2D eigenvalue weighted by Crippen LogP contribution is 2.42. The molecule has 0 unspecified atom stereocenters. The van der Waals surface area contributed by atoms with Crippen LogP contribution in [0.4, 0.5) is 0 Å². The molecule has 17 heavy (non-hydrogen) atoms. The number of rotatable bonds is 2. The van der Waals surface area contributed by atoms with Gasteiger partial charge < -0.3 is 9.73 Å². The molecule has 2 aromatic heterocycles. The number of fused-ring (bicyclic) bond motifs is 1. The molecule has 0 spiro atoms. The average molecular weight is 227 g/mol. The zero-order chi connectivity index (χ0) is 11.2. The zero-order valence-electron chi connectivity index (χ0n) is 9.44. The lowest BCUT2D eigenvalue weighted by Crippen LogP contribution is -2.02. The third-order valence-electron chi connectivity index (χ3n) is 3.46. The van der Waals surface area contributed by atoms with E-state index < -0.39 is 0 Å². The molecule has 0 radical (unpaired) electrons. The number of furan rings is 1. The topological polar surface area (TPSA) is 51.0 Å². The Morgan fingerprint density at radius 1 is 1.24 bits per heavy atom. The molecule has 86 valence electrons. The van der Waals surface area contributed by atoms with Gasteiger partial charge >= 0.3 is 0 Å². The van der Waals surface area contributed by atoms with Crippen LogP contribution in [0.1, 0.15) is 35.7 Å². The van der Waals surface area contributed by atoms with Crippen LogP contribution < -0.4 is 5.32 Å². The molecule has 1 aliphatic carbocycles. The van der Waals surface area contributed by atoms with Crippen molar-refractivity contribution in [2.24, 2.45) is 0 Å². The maximum Gasteiger partial charge on any atom is 0.162 e. The van der Waals surface area contributed by atoms with Crippen molar-refractivity contribution < 1.29 is 4.42 Å². The van der Waals surface area contributed by atoms with E-state index in [1.54, 1.807) is 12.5 Å². The summed E-state index contributed by atoms with van der Waals surface area (Å²) < 4.78 is 5.11. The summed E-state index contributed by atoms with van der Waals surface area (Å²) in [7, 11) is 0. The Balaban J connectivity index is 1.89. The molecular weight excluding hydrogens is 214 g/mol. The summed E-state index contributed by atoms with van der Waals surface area (Å²) in [5.41, 5.74) is 4.73. The Morgan fingerprint density at radius 3 is 2.94 bits per heavy atom. The average Bonchev–Trinajstić information content (AvgIpc) is 2.88. The molecule has 2 aromatic rings. The summed E-state index contributed by atoms with van der Waals surface area (Å²) in [6, 6.07) is 1.92. The first kappa shape index (κ1) is 9.36. The van der Waals surface area contributed by atoms with Crippen molar-refractivity contribution in [2.75, 3.05) is 0 Å². The standard InChI is InChI=1S/C13H13N3O/c1-2-8(1)12-10-5-14-6-11(10)15-13(16-12)9-3-4-17-7-9/h3-4,7-8,14H,1-2,5-6H2. The van der Waals surface area contributed by atoms with Crippen molar-refractivity contribution in [3.63, 3.8) is 0 Å². The van der Waals surface area contributed by atoms with Crippen molar-refractivity contribution in [2.45, 2.75) is 31.8 Å². The predicted molar refractivity (Wildman–Crippen MR) is 62.3 cm³/mol. The van der Waals surface area contributed by atoms with E-state index >= 15 is 0 Å². The summed E-state index contributed by atoms with van der Waals surface area (Å²) in [5, 5.41) is 3.36. The Kier molecular flexibility index (Phi) is 1.87. The van der Waals surface area contributed by atoms with Gasteiger partial charge in [-0.15, -0.1) is 0 Å². The molecule has 4 heteroatoms. The number of hydrogen-bond donors (Lipinski definition) is 1. The largest absolute Gasteiger partial charge is 0.472 e. The normalized spacial score (nSPS) is 18.4. The third kappa shape index (κ3) is 1.48. The fraction of sp³-hybridized carbons (Fsp3) is 0.385. The summed E-state index contributed by atoms with van der Waals surface area (Å²) in [6.45, 7) is 1.79. The highest BCUT2D eigenvalue weighted by molar-refractivity contribution is 5.54. The molecule has 3 heterocycles. The molecule has 0 atom stereocenters. The van der Waals surface area contributed by atoms with Crippen LogP contribution in [-0.2, 0) is 13.1 Å². The van der Waals surface area contributed by atoms with Crippen molar-refractivity contribution in [3.8, 4) is 11.4 Å². The van der Waals surface area contributed by atoms with Crippen LogP contribution in [0.2, 0.25) is 0 Å². The number of nitrogens with zero attached hydrogens (tertiary/aromatic N) is 2. The molecule has 1 N–H and O–H groups in total. The maximum absolute atomic E-state index is 5.11. The van der Waals surface area contributed by atoms with Crippen LogP contribution in [0.5, 0.6) is 0 Å². The van der Waals surface area contributed by atoms with Gasteiger partial charge in [0.05, 0.1) is 23.2 Å². The summed E-state index contributed by atoms with van der Waals surface area (Å²) in [4.78, 5) is 9.37. The molecule has 4 rings (SSSR count). The van der Waals surface area contributed by atoms with Gasteiger partial charge in [-0.25, -0.2) is 9.97 Å². The van der Waals surface area contributed by atoms with Gasteiger partial charge in [0, 0.05) is 24.6 Å². The van der Waals surface area contributed by atoms with E-state index in [2.05, 4.69) is 10.3 Å². The Labute approximate surface area is 99.1 Å². The Morgan fingerprint density at radius 2 is 2.18 bits per heavy atom. The second-order valence-corrected chi connectivity index (χ2v) is 4.75. The maximum atomic E-state index is 5.11. The first-order chi connectivity index (χ1) is 8.42. The van der Waals surface area contributed by atoms with Gasteiger partial charge in [0.1, 0.15) is 6.26 Å².